The van der Waals surface area contributed by atoms with Crippen LogP contribution in [0.3, 0.4) is 0 Å². The van der Waals surface area contributed by atoms with Crippen molar-refractivity contribution in [3.05, 3.63) is 28.8 Å². The van der Waals surface area contributed by atoms with E-state index in [1.807, 2.05) is 0 Å². The fourth-order valence-electron chi connectivity index (χ4n) is 2.74. The summed E-state index contributed by atoms with van der Waals surface area (Å²) in [6.45, 7) is 0. The molecular weight excluding hydrogens is 288 g/mol. The van der Waals surface area contributed by atoms with Gasteiger partial charge < -0.3 is 10.1 Å². The monoisotopic (exact) mass is 306 g/mol. The van der Waals surface area contributed by atoms with Gasteiger partial charge in [0.25, 0.3) is 5.91 Å². The lowest BCUT2D eigenvalue weighted by atomic mass is 9.91. The van der Waals surface area contributed by atoms with Crippen LogP contribution in [-0.4, -0.2) is 18.6 Å². The maximum absolute atomic E-state index is 12.5. The fraction of sp³-hybridized carbons (Fsp3) is 0.500. The molecule has 21 heavy (non-hydrogen) atoms. The maximum Gasteiger partial charge on any atom is 0.256 e. The summed E-state index contributed by atoms with van der Waals surface area (Å²) in [6.07, 6.45) is 5.52. The molecule has 1 aromatic carbocycles. The molecule has 1 aliphatic rings. The van der Waals surface area contributed by atoms with E-state index < -0.39 is 5.54 Å². The summed E-state index contributed by atoms with van der Waals surface area (Å²) in [4.78, 5) is 12.5. The van der Waals surface area contributed by atoms with Crippen molar-refractivity contribution >= 4 is 17.5 Å². The van der Waals surface area contributed by atoms with Crippen molar-refractivity contribution in [1.82, 2.24) is 5.32 Å². The number of hydrogen-bond donors (Lipinski definition) is 1. The summed E-state index contributed by atoms with van der Waals surface area (Å²) in [5.74, 6) is 0.149. The van der Waals surface area contributed by atoms with Crippen LogP contribution in [0.2, 0.25) is 5.02 Å². The molecule has 0 unspecified atom stereocenters. The number of ether oxygens (including phenoxy) is 1. The number of carbonyl (C=O) groups excluding carboxylic acids is 1. The Labute approximate surface area is 130 Å². The third kappa shape index (κ3) is 3.68. The molecule has 112 valence electrons. The lowest BCUT2D eigenvalue weighted by Gasteiger charge is -2.26. The number of nitriles is 1. The minimum absolute atomic E-state index is 0.308. The molecule has 0 spiro atoms. The number of rotatable bonds is 3. The van der Waals surface area contributed by atoms with E-state index in [9.17, 15) is 10.1 Å². The summed E-state index contributed by atoms with van der Waals surface area (Å²) in [5, 5.41) is 12.9. The van der Waals surface area contributed by atoms with Crippen molar-refractivity contribution < 1.29 is 9.53 Å². The standard InChI is InChI=1S/C16H19ClN2O2/c1-21-14-7-6-12(17)10-13(14)15(20)19-16(11-18)8-4-2-3-5-9-16/h6-7,10H,2-5,8-9H2,1H3,(H,19,20). The van der Waals surface area contributed by atoms with Crippen LogP contribution in [0.5, 0.6) is 5.75 Å². The predicted octanol–water partition coefficient (Wildman–Crippen LogP) is 3.69. The summed E-state index contributed by atoms with van der Waals surface area (Å²) >= 11 is 5.95. The Morgan fingerprint density at radius 1 is 1.33 bits per heavy atom. The van der Waals surface area contributed by atoms with E-state index in [1.165, 1.54) is 7.11 Å². The van der Waals surface area contributed by atoms with Crippen molar-refractivity contribution in [1.29, 1.82) is 5.26 Å². The van der Waals surface area contributed by atoms with Gasteiger partial charge in [0.2, 0.25) is 0 Å². The van der Waals surface area contributed by atoms with E-state index >= 15 is 0 Å². The quantitative estimate of drug-likeness (QED) is 0.866. The van der Waals surface area contributed by atoms with Crippen molar-refractivity contribution in [2.45, 2.75) is 44.1 Å². The largest absolute Gasteiger partial charge is 0.496 e. The topological polar surface area (TPSA) is 62.1 Å². The van der Waals surface area contributed by atoms with Gasteiger partial charge in [-0.25, -0.2) is 0 Å². The van der Waals surface area contributed by atoms with Gasteiger partial charge in [-0.15, -0.1) is 0 Å². The van der Waals surface area contributed by atoms with Gasteiger partial charge in [0.1, 0.15) is 11.3 Å². The fourth-order valence-corrected chi connectivity index (χ4v) is 2.91. The Hall–Kier alpha value is -1.73. The van der Waals surface area contributed by atoms with Crippen LogP contribution in [0.25, 0.3) is 0 Å². The van der Waals surface area contributed by atoms with E-state index in [0.717, 1.165) is 25.7 Å². The van der Waals surface area contributed by atoms with Crippen molar-refractivity contribution in [2.24, 2.45) is 0 Å². The van der Waals surface area contributed by atoms with E-state index in [2.05, 4.69) is 11.4 Å². The van der Waals surface area contributed by atoms with Crippen molar-refractivity contribution in [3.63, 3.8) is 0 Å². The zero-order valence-corrected chi connectivity index (χ0v) is 12.9. The highest BCUT2D eigenvalue weighted by atomic mass is 35.5. The highest BCUT2D eigenvalue weighted by Gasteiger charge is 2.33. The molecule has 1 N–H and O–H groups in total. The van der Waals surface area contributed by atoms with Crippen molar-refractivity contribution in [3.8, 4) is 11.8 Å². The van der Waals surface area contributed by atoms with Gasteiger partial charge in [0.15, 0.2) is 0 Å². The molecular formula is C16H19ClN2O2. The second kappa shape index (κ2) is 6.82. The van der Waals surface area contributed by atoms with Crippen LogP contribution in [-0.2, 0) is 0 Å². The molecule has 0 atom stereocenters. The van der Waals surface area contributed by atoms with Crippen LogP contribution >= 0.6 is 11.6 Å². The van der Waals surface area contributed by atoms with Crippen LogP contribution in [0.1, 0.15) is 48.9 Å². The van der Waals surface area contributed by atoms with Gasteiger partial charge >= 0.3 is 0 Å². The number of carbonyl (C=O) groups is 1. The Kier molecular flexibility index (Phi) is 5.08. The molecule has 2 rings (SSSR count). The second-order valence-corrected chi connectivity index (χ2v) is 5.84. The average molecular weight is 307 g/mol. The molecule has 0 saturated heterocycles. The van der Waals surface area contributed by atoms with Crippen LogP contribution in [0.15, 0.2) is 18.2 Å². The molecule has 5 heteroatoms. The average Bonchev–Trinajstić information content (AvgIpc) is 2.73. The summed E-state index contributed by atoms with van der Waals surface area (Å²) in [5.41, 5.74) is -0.412. The summed E-state index contributed by atoms with van der Waals surface area (Å²) in [6, 6.07) is 7.20. The molecule has 4 nitrogen and oxygen atoms in total. The SMILES string of the molecule is COc1ccc(Cl)cc1C(=O)NC1(C#N)CCCCCC1. The Bertz CT molecular complexity index is 558. The molecule has 1 saturated carbocycles. The molecule has 0 heterocycles. The third-order valence-corrected chi connectivity index (χ3v) is 4.17. The minimum atomic E-state index is -0.777. The van der Waals surface area contributed by atoms with Crippen molar-refractivity contribution in [2.75, 3.05) is 7.11 Å². The van der Waals surface area contributed by atoms with Gasteiger partial charge in [0.05, 0.1) is 18.7 Å². The number of benzene rings is 1. The molecule has 0 radical (unpaired) electrons. The number of nitrogens with one attached hydrogen (secondary N) is 1. The molecule has 1 amide bonds. The third-order valence-electron chi connectivity index (χ3n) is 3.93. The smallest absolute Gasteiger partial charge is 0.256 e. The van der Waals surface area contributed by atoms with Crippen LogP contribution < -0.4 is 10.1 Å². The number of amides is 1. The van der Waals surface area contributed by atoms with Crippen LogP contribution in [0.4, 0.5) is 0 Å². The minimum Gasteiger partial charge on any atom is -0.496 e. The second-order valence-electron chi connectivity index (χ2n) is 5.41. The number of nitrogens with zero attached hydrogens (tertiary/aromatic N) is 1. The number of hydrogen-bond acceptors (Lipinski definition) is 3. The first kappa shape index (κ1) is 15.7. The lowest BCUT2D eigenvalue weighted by Crippen LogP contribution is -2.47. The molecule has 0 aromatic heterocycles. The van der Waals surface area contributed by atoms with Gasteiger partial charge in [-0.05, 0) is 31.0 Å². The highest BCUT2D eigenvalue weighted by Crippen LogP contribution is 2.28. The first-order chi connectivity index (χ1) is 10.1. The first-order valence-corrected chi connectivity index (χ1v) is 7.55. The molecule has 0 aliphatic heterocycles. The molecule has 1 aliphatic carbocycles. The predicted molar refractivity (Wildman–Crippen MR) is 81.5 cm³/mol. The van der Waals surface area contributed by atoms with Crippen LogP contribution in [0, 0.1) is 11.3 Å². The molecule has 1 aromatic rings. The zero-order chi connectivity index (χ0) is 15.3. The number of methoxy groups -OCH3 is 1. The van der Waals surface area contributed by atoms with E-state index in [1.54, 1.807) is 18.2 Å². The first-order valence-electron chi connectivity index (χ1n) is 7.17. The molecule has 0 bridgehead atoms. The normalized spacial score (nSPS) is 17.4. The van der Waals surface area contributed by atoms with Gasteiger partial charge in [-0.1, -0.05) is 37.3 Å². The van der Waals surface area contributed by atoms with Gasteiger partial charge in [0, 0.05) is 5.02 Å². The Balaban J connectivity index is 2.24. The maximum atomic E-state index is 12.5. The number of halogens is 1. The Morgan fingerprint density at radius 2 is 2.00 bits per heavy atom. The lowest BCUT2D eigenvalue weighted by molar-refractivity contribution is 0.0910. The summed E-state index contributed by atoms with van der Waals surface area (Å²) < 4.78 is 5.20. The highest BCUT2D eigenvalue weighted by molar-refractivity contribution is 6.31. The van der Waals surface area contributed by atoms with E-state index in [4.69, 9.17) is 16.3 Å². The van der Waals surface area contributed by atoms with Gasteiger partial charge in [-0.3, -0.25) is 4.79 Å². The Morgan fingerprint density at radius 3 is 2.57 bits per heavy atom. The van der Waals surface area contributed by atoms with E-state index in [0.29, 0.717) is 29.2 Å². The summed E-state index contributed by atoms with van der Waals surface area (Å²) in [7, 11) is 1.51. The van der Waals surface area contributed by atoms with E-state index in [-0.39, 0.29) is 5.91 Å². The molecule has 1 fully saturated rings. The zero-order valence-electron chi connectivity index (χ0n) is 12.1. The van der Waals surface area contributed by atoms with Gasteiger partial charge in [-0.2, -0.15) is 5.26 Å².